The van der Waals surface area contributed by atoms with Crippen molar-refractivity contribution in [1.82, 2.24) is 0 Å². The summed E-state index contributed by atoms with van der Waals surface area (Å²) in [5, 5.41) is 93.7. The average Bonchev–Trinajstić information content (AvgIpc) is 3.46. The monoisotopic (exact) mass is 786 g/mol. The first kappa shape index (κ1) is 39.3. The lowest BCUT2D eigenvalue weighted by molar-refractivity contribution is -0.393. The van der Waals surface area contributed by atoms with Gasteiger partial charge in [-0.05, 0) is 12.1 Å². The Hall–Kier alpha value is -3.98. The normalized spacial score (nSPS) is 35.5. The van der Waals surface area contributed by atoms with Gasteiger partial charge in [0, 0.05) is 17.9 Å². The van der Waals surface area contributed by atoms with Crippen molar-refractivity contribution in [2.24, 2.45) is 0 Å². The minimum absolute atomic E-state index is 0.0515. The van der Waals surface area contributed by atoms with Crippen molar-refractivity contribution in [3.8, 4) is 23.0 Å². The SMILES string of the molecule is COc1c(O)cc2c(=O)oc3c(OC)c(OC4OC(CO)C(O)C4OC4OC(OC)C(OC5OC(CO)C(O)C(O)C5O)C(O)C4O)cc4c(=O)oc1c2c34. The first-order valence-electron chi connectivity index (χ1n) is 16.7. The van der Waals surface area contributed by atoms with Crippen LogP contribution in [0.15, 0.2) is 30.6 Å². The first-order chi connectivity index (χ1) is 26.3. The van der Waals surface area contributed by atoms with E-state index in [2.05, 4.69) is 0 Å². The van der Waals surface area contributed by atoms with Gasteiger partial charge in [-0.25, -0.2) is 9.59 Å². The molecule has 9 N–H and O–H groups in total. The molecule has 4 aromatic rings. The maximum Gasteiger partial charge on any atom is 0.344 e. The molecule has 0 aliphatic carbocycles. The Bertz CT molecular complexity index is 2110. The van der Waals surface area contributed by atoms with Gasteiger partial charge in [-0.15, -0.1) is 0 Å². The zero-order valence-electron chi connectivity index (χ0n) is 29.0. The molecule has 14 atom stereocenters. The molecule has 55 heavy (non-hydrogen) atoms. The lowest BCUT2D eigenvalue weighted by Crippen LogP contribution is -2.65. The highest BCUT2D eigenvalue weighted by Crippen LogP contribution is 2.46. The molecule has 0 bridgehead atoms. The second-order valence-corrected chi connectivity index (χ2v) is 12.9. The third-order valence-corrected chi connectivity index (χ3v) is 9.79. The Kier molecular flexibility index (Phi) is 10.8. The van der Waals surface area contributed by atoms with Crippen LogP contribution in [-0.2, 0) is 28.4 Å². The van der Waals surface area contributed by atoms with Crippen molar-refractivity contribution < 1.29 is 97.4 Å². The Morgan fingerprint density at radius 2 is 1.11 bits per heavy atom. The summed E-state index contributed by atoms with van der Waals surface area (Å²) in [6.07, 6.45) is -23.9. The Morgan fingerprint density at radius 1 is 0.600 bits per heavy atom. The number of aliphatic hydroxyl groups is 8. The molecule has 5 heterocycles. The van der Waals surface area contributed by atoms with Crippen LogP contribution < -0.4 is 25.5 Å². The molecule has 3 fully saturated rings. The summed E-state index contributed by atoms with van der Waals surface area (Å²) in [4.78, 5) is 26.5. The quantitative estimate of drug-likeness (QED) is 0.0522. The van der Waals surface area contributed by atoms with Crippen LogP contribution in [0.5, 0.6) is 23.0 Å². The average molecular weight is 787 g/mol. The van der Waals surface area contributed by atoms with E-state index in [1.165, 1.54) is 20.3 Å². The molecule has 22 heteroatoms. The lowest BCUT2D eigenvalue weighted by atomic mass is 9.98. The molecule has 22 nitrogen and oxygen atoms in total. The number of aliphatic hydroxyl groups excluding tert-OH is 8. The van der Waals surface area contributed by atoms with Gasteiger partial charge in [0.1, 0.15) is 54.9 Å². The van der Waals surface area contributed by atoms with Gasteiger partial charge >= 0.3 is 11.3 Å². The Labute approximate surface area is 306 Å². The van der Waals surface area contributed by atoms with Gasteiger partial charge in [0.15, 0.2) is 47.6 Å². The number of aromatic hydroxyl groups is 1. The molecular weight excluding hydrogens is 748 g/mol. The van der Waals surface area contributed by atoms with Crippen molar-refractivity contribution >= 4 is 32.7 Å². The van der Waals surface area contributed by atoms with Crippen molar-refractivity contribution in [1.29, 1.82) is 0 Å². The molecule has 3 saturated heterocycles. The molecule has 302 valence electrons. The van der Waals surface area contributed by atoms with E-state index in [9.17, 15) is 55.5 Å². The highest BCUT2D eigenvalue weighted by Gasteiger charge is 2.54. The van der Waals surface area contributed by atoms with Crippen molar-refractivity contribution in [3.63, 3.8) is 0 Å². The van der Waals surface area contributed by atoms with E-state index in [4.69, 9.17) is 51.5 Å². The minimum Gasteiger partial charge on any atom is -0.504 e. The number of ether oxygens (including phenoxy) is 9. The molecule has 0 amide bonds. The summed E-state index contributed by atoms with van der Waals surface area (Å²) in [6.45, 7) is -1.54. The van der Waals surface area contributed by atoms with Gasteiger partial charge in [-0.3, -0.25) is 0 Å². The molecule has 0 saturated carbocycles. The van der Waals surface area contributed by atoms with Gasteiger partial charge in [0.2, 0.25) is 17.8 Å². The maximum atomic E-state index is 13.3. The molecule has 2 aromatic heterocycles. The Balaban J connectivity index is 1.19. The van der Waals surface area contributed by atoms with Crippen LogP contribution in [0.3, 0.4) is 0 Å². The fraction of sp³-hybridized carbons (Fsp3) is 0.576. The minimum atomic E-state index is -2.00. The fourth-order valence-electron chi connectivity index (χ4n) is 6.99. The third kappa shape index (κ3) is 6.42. The highest BCUT2D eigenvalue weighted by atomic mass is 16.8. The summed E-state index contributed by atoms with van der Waals surface area (Å²) in [7, 11) is 3.55. The highest BCUT2D eigenvalue weighted by molar-refractivity contribution is 6.22. The van der Waals surface area contributed by atoms with Crippen molar-refractivity contribution in [2.45, 2.75) is 86.2 Å². The summed E-state index contributed by atoms with van der Waals surface area (Å²) in [6, 6.07) is 2.26. The van der Waals surface area contributed by atoms with Crippen LogP contribution in [0.4, 0.5) is 0 Å². The van der Waals surface area contributed by atoms with E-state index in [0.29, 0.717) is 0 Å². The zero-order valence-corrected chi connectivity index (χ0v) is 29.0. The number of rotatable bonds is 11. The molecular formula is C33H38O22. The molecule has 0 radical (unpaired) electrons. The van der Waals surface area contributed by atoms with Crippen molar-refractivity contribution in [3.05, 3.63) is 33.0 Å². The maximum absolute atomic E-state index is 13.3. The number of methoxy groups -OCH3 is 3. The molecule has 2 aromatic carbocycles. The predicted octanol–water partition coefficient (Wildman–Crippen LogP) is -3.71. The van der Waals surface area contributed by atoms with E-state index in [0.717, 1.165) is 13.2 Å². The van der Waals surface area contributed by atoms with Gasteiger partial charge in [0.05, 0.1) is 38.2 Å². The van der Waals surface area contributed by atoms with Crippen LogP contribution in [0, 0.1) is 0 Å². The van der Waals surface area contributed by atoms with Gasteiger partial charge < -0.3 is 97.4 Å². The van der Waals surface area contributed by atoms with Gasteiger partial charge in [-0.2, -0.15) is 0 Å². The second-order valence-electron chi connectivity index (χ2n) is 12.9. The van der Waals surface area contributed by atoms with E-state index >= 15 is 0 Å². The van der Waals surface area contributed by atoms with E-state index in [1.807, 2.05) is 0 Å². The lowest BCUT2D eigenvalue weighted by Gasteiger charge is -2.46. The van der Waals surface area contributed by atoms with Crippen LogP contribution >= 0.6 is 0 Å². The fourth-order valence-corrected chi connectivity index (χ4v) is 6.99. The first-order valence-corrected chi connectivity index (χ1v) is 16.7. The van der Waals surface area contributed by atoms with E-state index in [1.54, 1.807) is 0 Å². The summed E-state index contributed by atoms with van der Waals surface area (Å²) in [5.41, 5.74) is -2.46. The van der Waals surface area contributed by atoms with Crippen LogP contribution in [0.2, 0.25) is 0 Å². The standard InChI is InChI=1S/C33H38O22/c1-45-22-10(36)4-8-14-15-9(29(44)51-24(14)22)5-11(23(46-2)25(15)52-28(8)43)48-33-26(17(38)13(7-35)50-33)53-31-21(42)19(40)27(32(47-3)55-31)54-30-20(41)18(39)16(37)12(6-34)49-30/h4-5,12-13,16-21,26-27,30-42H,6-7H2,1-3H3. The summed E-state index contributed by atoms with van der Waals surface area (Å²) in [5.74, 6) is -1.27. The van der Waals surface area contributed by atoms with Crippen molar-refractivity contribution in [2.75, 3.05) is 34.5 Å². The van der Waals surface area contributed by atoms with Gasteiger partial charge in [0.25, 0.3) is 0 Å². The molecule has 14 unspecified atom stereocenters. The topological polar surface area (TPSA) is 326 Å². The second kappa shape index (κ2) is 15.2. The van der Waals surface area contributed by atoms with Crippen LogP contribution in [-0.4, -0.2) is 167 Å². The van der Waals surface area contributed by atoms with Crippen LogP contribution in [0.25, 0.3) is 32.7 Å². The third-order valence-electron chi connectivity index (χ3n) is 9.79. The largest absolute Gasteiger partial charge is 0.504 e. The summed E-state index contributed by atoms with van der Waals surface area (Å²) >= 11 is 0. The predicted molar refractivity (Wildman–Crippen MR) is 176 cm³/mol. The number of hydrogen-bond donors (Lipinski definition) is 9. The van der Waals surface area contributed by atoms with E-state index < -0.39 is 116 Å². The number of phenols is 1. The number of hydrogen-bond acceptors (Lipinski definition) is 22. The molecule has 3 aliphatic rings. The van der Waals surface area contributed by atoms with Crippen LogP contribution in [0.1, 0.15) is 0 Å². The zero-order chi connectivity index (χ0) is 39.6. The Morgan fingerprint density at radius 3 is 1.69 bits per heavy atom. The molecule has 0 spiro atoms. The summed E-state index contributed by atoms with van der Waals surface area (Å²) < 4.78 is 61.3. The number of phenolic OH excluding ortho intramolecular Hbond substituents is 1. The smallest absolute Gasteiger partial charge is 0.344 e. The van der Waals surface area contributed by atoms with Gasteiger partial charge in [-0.1, -0.05) is 0 Å². The number of benzene rings is 2. The molecule has 7 rings (SSSR count). The molecule has 3 aliphatic heterocycles. The van der Waals surface area contributed by atoms with E-state index in [-0.39, 0.29) is 50.0 Å².